The minimum absolute atomic E-state index is 0. The molecule has 0 atom stereocenters. The van der Waals surface area contributed by atoms with Gasteiger partial charge in [0.1, 0.15) is 0 Å². The summed E-state index contributed by atoms with van der Waals surface area (Å²) in [5.74, 6) is -0.742. The summed E-state index contributed by atoms with van der Waals surface area (Å²) in [7, 11) is 0. The number of aryl methyl sites for hydroxylation is 1. The molecule has 1 rings (SSSR count). The van der Waals surface area contributed by atoms with Crippen LogP contribution in [0, 0.1) is 0 Å². The van der Waals surface area contributed by atoms with E-state index in [0.717, 1.165) is 5.56 Å². The Morgan fingerprint density at radius 3 is 2.33 bits per heavy atom. The van der Waals surface area contributed by atoms with Gasteiger partial charge in [0.25, 0.3) is 0 Å². The second-order valence-corrected chi connectivity index (χ2v) is 2.38. The van der Waals surface area contributed by atoms with E-state index in [9.17, 15) is 4.79 Å². The summed E-state index contributed by atoms with van der Waals surface area (Å²) < 4.78 is 0. The fourth-order valence-corrected chi connectivity index (χ4v) is 0.896. The fourth-order valence-electron chi connectivity index (χ4n) is 0.896. The van der Waals surface area contributed by atoms with Crippen LogP contribution in [0.25, 0.3) is 0 Å². The lowest BCUT2D eigenvalue weighted by molar-refractivity contribution is -0.136. The van der Waals surface area contributed by atoms with Crippen molar-refractivity contribution in [1.82, 2.24) is 0 Å². The molecule has 0 saturated heterocycles. The lowest BCUT2D eigenvalue weighted by atomic mass is 10.1. The summed E-state index contributed by atoms with van der Waals surface area (Å²) >= 11 is 0. The molecule has 66 valence electrons. The van der Waals surface area contributed by atoms with Crippen molar-refractivity contribution in [3.05, 3.63) is 35.9 Å². The highest BCUT2D eigenvalue weighted by molar-refractivity contribution is 8.93. The summed E-state index contributed by atoms with van der Waals surface area (Å²) in [4.78, 5) is 10.2. The quantitative estimate of drug-likeness (QED) is 0.866. The molecule has 0 aliphatic heterocycles. The van der Waals surface area contributed by atoms with Crippen molar-refractivity contribution < 1.29 is 9.90 Å². The molecule has 1 aromatic carbocycles. The zero-order valence-corrected chi connectivity index (χ0v) is 8.28. The zero-order valence-electron chi connectivity index (χ0n) is 6.56. The maximum atomic E-state index is 10.2. The second-order valence-electron chi connectivity index (χ2n) is 2.38. The Labute approximate surface area is 82.0 Å². The average Bonchev–Trinajstić information content (AvgIpc) is 2.03. The molecule has 0 bridgehead atoms. The van der Waals surface area contributed by atoms with Crippen LogP contribution in [0.4, 0.5) is 0 Å². The van der Waals surface area contributed by atoms with Crippen LogP contribution in [0.5, 0.6) is 0 Å². The lowest BCUT2D eigenvalue weighted by Gasteiger charge is -1.95. The number of halogens is 1. The van der Waals surface area contributed by atoms with Gasteiger partial charge >= 0.3 is 5.97 Å². The van der Waals surface area contributed by atoms with Crippen LogP contribution in [0.2, 0.25) is 0 Å². The van der Waals surface area contributed by atoms with Gasteiger partial charge in [-0.3, -0.25) is 4.79 Å². The van der Waals surface area contributed by atoms with Crippen LogP contribution < -0.4 is 0 Å². The monoisotopic (exact) mass is 230 g/mol. The molecule has 1 aromatic rings. The third-order valence-electron chi connectivity index (χ3n) is 1.47. The van der Waals surface area contributed by atoms with Gasteiger partial charge < -0.3 is 5.11 Å². The molecule has 0 aliphatic carbocycles. The smallest absolute Gasteiger partial charge is 0.303 e. The molecule has 0 saturated carbocycles. The molecule has 0 amide bonds. The van der Waals surface area contributed by atoms with Crippen molar-refractivity contribution in [3.8, 4) is 0 Å². The van der Waals surface area contributed by atoms with Gasteiger partial charge in [0.15, 0.2) is 0 Å². The maximum absolute atomic E-state index is 10.2. The minimum atomic E-state index is -0.742. The highest BCUT2D eigenvalue weighted by Gasteiger charge is 1.96. The predicted molar refractivity (Wildman–Crippen MR) is 52.7 cm³/mol. The average molecular weight is 231 g/mol. The normalized spacial score (nSPS) is 8.67. The Morgan fingerprint density at radius 2 is 1.83 bits per heavy atom. The Balaban J connectivity index is 0.00000121. The van der Waals surface area contributed by atoms with Crippen molar-refractivity contribution in [3.63, 3.8) is 0 Å². The molecule has 0 heterocycles. The van der Waals surface area contributed by atoms with Gasteiger partial charge in [-0.1, -0.05) is 30.3 Å². The molecule has 0 spiro atoms. The van der Waals surface area contributed by atoms with Crippen LogP contribution in [0.3, 0.4) is 0 Å². The maximum Gasteiger partial charge on any atom is 0.303 e. The van der Waals surface area contributed by atoms with Crippen molar-refractivity contribution in [1.29, 1.82) is 0 Å². The van der Waals surface area contributed by atoms with Crippen molar-refractivity contribution in [2.24, 2.45) is 0 Å². The Morgan fingerprint density at radius 1 is 1.25 bits per heavy atom. The van der Waals surface area contributed by atoms with Gasteiger partial charge in [-0.2, -0.15) is 0 Å². The first kappa shape index (κ1) is 11.2. The molecular formula is C9H11BrO2. The SMILES string of the molecule is Br.O=C(O)CCc1ccccc1. The van der Waals surface area contributed by atoms with E-state index in [-0.39, 0.29) is 23.4 Å². The summed E-state index contributed by atoms with van der Waals surface area (Å²) in [6.07, 6.45) is 0.834. The Bertz CT molecular complexity index is 234. The number of carbonyl (C=O) groups is 1. The number of rotatable bonds is 3. The Kier molecular flexibility index (Phi) is 5.37. The predicted octanol–water partition coefficient (Wildman–Crippen LogP) is 2.28. The molecule has 0 fully saturated rings. The molecular weight excluding hydrogens is 220 g/mol. The first-order valence-electron chi connectivity index (χ1n) is 3.55. The molecule has 0 radical (unpaired) electrons. The molecule has 0 aliphatic rings. The number of aliphatic carboxylic acids is 1. The number of carboxylic acid groups (broad SMARTS) is 1. The number of hydrogen-bond acceptors (Lipinski definition) is 1. The van der Waals surface area contributed by atoms with Crippen molar-refractivity contribution in [2.45, 2.75) is 12.8 Å². The van der Waals surface area contributed by atoms with Crippen LogP contribution >= 0.6 is 17.0 Å². The third kappa shape index (κ3) is 4.13. The van der Waals surface area contributed by atoms with E-state index in [4.69, 9.17) is 5.11 Å². The zero-order chi connectivity index (χ0) is 8.10. The number of hydrogen-bond donors (Lipinski definition) is 1. The lowest BCUT2D eigenvalue weighted by Crippen LogP contribution is -1.96. The molecule has 3 heteroatoms. The minimum Gasteiger partial charge on any atom is -0.481 e. The largest absolute Gasteiger partial charge is 0.481 e. The Hall–Kier alpha value is -0.830. The van der Waals surface area contributed by atoms with Crippen LogP contribution in [0.1, 0.15) is 12.0 Å². The van der Waals surface area contributed by atoms with E-state index in [2.05, 4.69) is 0 Å². The molecule has 2 nitrogen and oxygen atoms in total. The van der Waals surface area contributed by atoms with E-state index in [1.165, 1.54) is 0 Å². The summed E-state index contributed by atoms with van der Waals surface area (Å²) in [5, 5.41) is 8.37. The molecule has 0 unspecified atom stereocenters. The van der Waals surface area contributed by atoms with E-state index in [1.54, 1.807) is 0 Å². The molecule has 12 heavy (non-hydrogen) atoms. The summed E-state index contributed by atoms with van der Waals surface area (Å²) in [6.45, 7) is 0. The van der Waals surface area contributed by atoms with Crippen LogP contribution in [0.15, 0.2) is 30.3 Å². The van der Waals surface area contributed by atoms with E-state index < -0.39 is 5.97 Å². The van der Waals surface area contributed by atoms with Gasteiger partial charge in [-0.25, -0.2) is 0 Å². The van der Waals surface area contributed by atoms with E-state index in [1.807, 2.05) is 30.3 Å². The van der Waals surface area contributed by atoms with Gasteiger partial charge in [0.05, 0.1) is 0 Å². The highest BCUT2D eigenvalue weighted by Crippen LogP contribution is 2.01. The van der Waals surface area contributed by atoms with E-state index in [0.29, 0.717) is 6.42 Å². The van der Waals surface area contributed by atoms with Gasteiger partial charge in [0, 0.05) is 6.42 Å². The second kappa shape index (κ2) is 5.77. The standard InChI is InChI=1S/C9H10O2.BrH/c10-9(11)7-6-8-4-2-1-3-5-8;/h1-5H,6-7H2,(H,10,11);1H. The van der Waals surface area contributed by atoms with Crippen LogP contribution in [-0.4, -0.2) is 11.1 Å². The first-order valence-corrected chi connectivity index (χ1v) is 3.55. The van der Waals surface area contributed by atoms with Gasteiger partial charge in [0.2, 0.25) is 0 Å². The first-order chi connectivity index (χ1) is 5.29. The van der Waals surface area contributed by atoms with Gasteiger partial charge in [-0.05, 0) is 12.0 Å². The number of carboxylic acids is 1. The summed E-state index contributed by atoms with van der Waals surface area (Å²) in [5.41, 5.74) is 1.08. The summed E-state index contributed by atoms with van der Waals surface area (Å²) in [6, 6.07) is 9.62. The van der Waals surface area contributed by atoms with Crippen molar-refractivity contribution >= 4 is 23.0 Å². The van der Waals surface area contributed by atoms with Crippen molar-refractivity contribution in [2.75, 3.05) is 0 Å². The molecule has 0 aromatic heterocycles. The number of benzene rings is 1. The highest BCUT2D eigenvalue weighted by atomic mass is 79.9. The molecule has 1 N–H and O–H groups in total. The fraction of sp³-hybridized carbons (Fsp3) is 0.222. The topological polar surface area (TPSA) is 37.3 Å². The van der Waals surface area contributed by atoms with E-state index >= 15 is 0 Å². The van der Waals surface area contributed by atoms with Gasteiger partial charge in [-0.15, -0.1) is 17.0 Å². The van der Waals surface area contributed by atoms with Crippen LogP contribution in [-0.2, 0) is 11.2 Å². The third-order valence-corrected chi connectivity index (χ3v) is 1.47.